The Morgan fingerprint density at radius 3 is 2.44 bits per heavy atom. The van der Waals surface area contributed by atoms with Crippen LogP contribution in [0.1, 0.15) is 11.1 Å². The Morgan fingerprint density at radius 1 is 1.00 bits per heavy atom. The van der Waals surface area contributed by atoms with E-state index in [2.05, 4.69) is 0 Å². The minimum Gasteiger partial charge on any atom is -0.504 e. The molecule has 2 aromatic carbocycles. The summed E-state index contributed by atoms with van der Waals surface area (Å²) in [7, 11) is 0. The lowest BCUT2D eigenvalue weighted by Crippen LogP contribution is -1.96. The molecule has 0 radical (unpaired) electrons. The first-order chi connectivity index (χ1) is 7.77. The van der Waals surface area contributed by atoms with E-state index in [1.807, 2.05) is 43.3 Å². The number of para-hydroxylation sites is 1. The van der Waals surface area contributed by atoms with E-state index in [1.54, 1.807) is 12.1 Å². The van der Waals surface area contributed by atoms with E-state index < -0.39 is 0 Å². The molecule has 0 atom stereocenters. The van der Waals surface area contributed by atoms with Crippen LogP contribution in [0.25, 0.3) is 0 Å². The molecule has 0 saturated heterocycles. The van der Waals surface area contributed by atoms with Crippen molar-refractivity contribution in [1.29, 1.82) is 0 Å². The maximum Gasteiger partial charge on any atom is 0.164 e. The van der Waals surface area contributed by atoms with Crippen LogP contribution in [-0.2, 0) is 6.61 Å². The van der Waals surface area contributed by atoms with Gasteiger partial charge in [-0.05, 0) is 24.1 Å². The van der Waals surface area contributed by atoms with Gasteiger partial charge in [0.25, 0.3) is 0 Å². The number of aryl methyl sites for hydroxylation is 1. The summed E-state index contributed by atoms with van der Waals surface area (Å²) >= 11 is 0. The van der Waals surface area contributed by atoms with Gasteiger partial charge in [-0.25, -0.2) is 0 Å². The predicted molar refractivity (Wildman–Crippen MR) is 63.6 cm³/mol. The summed E-state index contributed by atoms with van der Waals surface area (Å²) in [5.41, 5.74) is 2.03. The molecule has 0 heterocycles. The van der Waals surface area contributed by atoms with Gasteiger partial charge in [0, 0.05) is 0 Å². The highest BCUT2D eigenvalue weighted by atomic mass is 16.5. The Morgan fingerprint density at radius 2 is 1.75 bits per heavy atom. The minimum atomic E-state index is 0.191. The van der Waals surface area contributed by atoms with Crippen LogP contribution in [0.3, 0.4) is 0 Å². The zero-order valence-corrected chi connectivity index (χ0v) is 9.18. The summed E-state index contributed by atoms with van der Waals surface area (Å²) in [6.07, 6.45) is 0. The van der Waals surface area contributed by atoms with Gasteiger partial charge in [-0.3, -0.25) is 0 Å². The SMILES string of the molecule is Cc1cccc(O)c1OCc1ccccc1. The van der Waals surface area contributed by atoms with E-state index in [0.29, 0.717) is 12.4 Å². The van der Waals surface area contributed by atoms with Gasteiger partial charge in [-0.2, -0.15) is 0 Å². The lowest BCUT2D eigenvalue weighted by atomic mass is 10.2. The van der Waals surface area contributed by atoms with Gasteiger partial charge >= 0.3 is 0 Å². The Hall–Kier alpha value is -1.96. The van der Waals surface area contributed by atoms with E-state index in [-0.39, 0.29) is 5.75 Å². The topological polar surface area (TPSA) is 29.5 Å². The van der Waals surface area contributed by atoms with Crippen molar-refractivity contribution in [2.75, 3.05) is 0 Å². The number of hydrogen-bond acceptors (Lipinski definition) is 2. The molecule has 0 aliphatic heterocycles. The van der Waals surface area contributed by atoms with Crippen LogP contribution >= 0.6 is 0 Å². The number of benzene rings is 2. The molecule has 0 unspecified atom stereocenters. The quantitative estimate of drug-likeness (QED) is 0.849. The molecular formula is C14H14O2. The molecule has 0 spiro atoms. The standard InChI is InChI=1S/C14H14O2/c1-11-6-5-9-13(15)14(11)16-10-12-7-3-2-4-8-12/h2-9,15H,10H2,1H3. The highest BCUT2D eigenvalue weighted by Crippen LogP contribution is 2.29. The van der Waals surface area contributed by atoms with Crippen LogP contribution in [0, 0.1) is 6.92 Å². The van der Waals surface area contributed by atoms with E-state index in [4.69, 9.17) is 4.74 Å². The molecule has 0 amide bonds. The molecule has 2 aromatic rings. The first-order valence-electron chi connectivity index (χ1n) is 5.22. The van der Waals surface area contributed by atoms with Gasteiger partial charge < -0.3 is 9.84 Å². The summed E-state index contributed by atoms with van der Waals surface area (Å²) in [4.78, 5) is 0. The van der Waals surface area contributed by atoms with Crippen LogP contribution in [-0.4, -0.2) is 5.11 Å². The summed E-state index contributed by atoms with van der Waals surface area (Å²) < 4.78 is 5.60. The average Bonchev–Trinajstić information content (AvgIpc) is 2.30. The molecule has 16 heavy (non-hydrogen) atoms. The molecule has 0 aromatic heterocycles. The zero-order chi connectivity index (χ0) is 11.4. The highest BCUT2D eigenvalue weighted by molar-refractivity contribution is 5.44. The summed E-state index contributed by atoms with van der Waals surface area (Å²) in [5.74, 6) is 0.752. The Bertz CT molecular complexity index is 443. The molecular weight excluding hydrogens is 200 g/mol. The number of ether oxygens (including phenoxy) is 1. The Kier molecular flexibility index (Phi) is 3.10. The molecule has 1 N–H and O–H groups in total. The number of hydrogen-bond donors (Lipinski definition) is 1. The minimum absolute atomic E-state index is 0.191. The Labute approximate surface area is 95.1 Å². The van der Waals surface area contributed by atoms with E-state index in [9.17, 15) is 5.11 Å². The maximum absolute atomic E-state index is 9.64. The van der Waals surface area contributed by atoms with E-state index in [0.717, 1.165) is 11.1 Å². The van der Waals surface area contributed by atoms with Gasteiger partial charge in [-0.1, -0.05) is 42.5 Å². The second kappa shape index (κ2) is 4.71. The van der Waals surface area contributed by atoms with Crippen molar-refractivity contribution < 1.29 is 9.84 Å². The second-order valence-corrected chi connectivity index (χ2v) is 3.70. The number of phenolic OH excluding ortho intramolecular Hbond substituents is 1. The van der Waals surface area contributed by atoms with E-state index >= 15 is 0 Å². The fraction of sp³-hybridized carbons (Fsp3) is 0.143. The van der Waals surface area contributed by atoms with Crippen LogP contribution in [0.4, 0.5) is 0 Å². The normalized spacial score (nSPS) is 10.1. The monoisotopic (exact) mass is 214 g/mol. The summed E-state index contributed by atoms with van der Waals surface area (Å²) in [6.45, 7) is 2.39. The number of phenols is 1. The van der Waals surface area contributed by atoms with Gasteiger partial charge in [0.2, 0.25) is 0 Å². The van der Waals surface area contributed by atoms with Gasteiger partial charge in [-0.15, -0.1) is 0 Å². The fourth-order valence-electron chi connectivity index (χ4n) is 1.55. The van der Waals surface area contributed by atoms with Crippen molar-refractivity contribution in [2.45, 2.75) is 13.5 Å². The summed E-state index contributed by atoms with van der Waals surface area (Å²) in [5, 5.41) is 9.64. The molecule has 0 aliphatic carbocycles. The van der Waals surface area contributed by atoms with Crippen molar-refractivity contribution in [3.63, 3.8) is 0 Å². The Balaban J connectivity index is 2.11. The van der Waals surface area contributed by atoms with Crippen LogP contribution in [0.5, 0.6) is 11.5 Å². The zero-order valence-electron chi connectivity index (χ0n) is 9.18. The lowest BCUT2D eigenvalue weighted by Gasteiger charge is -2.10. The van der Waals surface area contributed by atoms with Gasteiger partial charge in [0.1, 0.15) is 6.61 Å². The molecule has 82 valence electrons. The number of aromatic hydroxyl groups is 1. The first-order valence-corrected chi connectivity index (χ1v) is 5.22. The molecule has 2 rings (SSSR count). The molecule has 0 fully saturated rings. The number of rotatable bonds is 3. The van der Waals surface area contributed by atoms with Crippen molar-refractivity contribution in [1.82, 2.24) is 0 Å². The maximum atomic E-state index is 9.64. The molecule has 2 nitrogen and oxygen atoms in total. The second-order valence-electron chi connectivity index (χ2n) is 3.70. The molecule has 0 aliphatic rings. The third-order valence-corrected chi connectivity index (χ3v) is 2.42. The first kappa shape index (κ1) is 10.6. The van der Waals surface area contributed by atoms with Crippen LogP contribution in [0.2, 0.25) is 0 Å². The average molecular weight is 214 g/mol. The van der Waals surface area contributed by atoms with Gasteiger partial charge in [0.05, 0.1) is 0 Å². The van der Waals surface area contributed by atoms with E-state index in [1.165, 1.54) is 0 Å². The predicted octanol–water partition coefficient (Wildman–Crippen LogP) is 3.28. The van der Waals surface area contributed by atoms with Crippen molar-refractivity contribution in [3.8, 4) is 11.5 Å². The smallest absolute Gasteiger partial charge is 0.164 e. The highest BCUT2D eigenvalue weighted by Gasteiger charge is 2.05. The largest absolute Gasteiger partial charge is 0.504 e. The van der Waals surface area contributed by atoms with Crippen LogP contribution < -0.4 is 4.74 Å². The molecule has 2 heteroatoms. The molecule has 0 bridgehead atoms. The third kappa shape index (κ3) is 2.34. The molecule has 0 saturated carbocycles. The third-order valence-electron chi connectivity index (χ3n) is 2.42. The van der Waals surface area contributed by atoms with Crippen molar-refractivity contribution in [2.24, 2.45) is 0 Å². The lowest BCUT2D eigenvalue weighted by molar-refractivity contribution is 0.287. The fourth-order valence-corrected chi connectivity index (χ4v) is 1.55. The van der Waals surface area contributed by atoms with Crippen molar-refractivity contribution in [3.05, 3.63) is 59.7 Å². The van der Waals surface area contributed by atoms with Crippen LogP contribution in [0.15, 0.2) is 48.5 Å². The van der Waals surface area contributed by atoms with Crippen molar-refractivity contribution >= 4 is 0 Å². The summed E-state index contributed by atoms with van der Waals surface area (Å²) in [6, 6.07) is 15.2. The van der Waals surface area contributed by atoms with Gasteiger partial charge in [0.15, 0.2) is 11.5 Å².